The summed E-state index contributed by atoms with van der Waals surface area (Å²) >= 11 is 7.45. The molecule has 0 N–H and O–H groups in total. The van der Waals surface area contributed by atoms with Gasteiger partial charge in [0.25, 0.3) is 0 Å². The van der Waals surface area contributed by atoms with E-state index in [0.717, 1.165) is 26.3 Å². The van der Waals surface area contributed by atoms with Crippen molar-refractivity contribution < 1.29 is 9.47 Å². The van der Waals surface area contributed by atoms with E-state index in [0.29, 0.717) is 0 Å². The molecule has 1 aromatic carbocycles. The topological polar surface area (TPSA) is 18.5 Å². The van der Waals surface area contributed by atoms with E-state index in [1.165, 1.54) is 11.3 Å². The van der Waals surface area contributed by atoms with E-state index in [9.17, 15) is 0 Å². The van der Waals surface area contributed by atoms with E-state index in [1.807, 2.05) is 30.3 Å². The third-order valence-corrected chi connectivity index (χ3v) is 3.51. The quantitative estimate of drug-likeness (QED) is 0.822. The predicted octanol–water partition coefficient (Wildman–Crippen LogP) is 4.09. The minimum atomic E-state index is 0.726. The second-order valence-corrected chi connectivity index (χ2v) is 4.86. The number of hydrogen-bond acceptors (Lipinski definition) is 3. The summed E-state index contributed by atoms with van der Waals surface area (Å²) in [5.74, 6) is 1.47. The van der Waals surface area contributed by atoms with Crippen molar-refractivity contribution in [3.05, 3.63) is 34.7 Å². The van der Waals surface area contributed by atoms with E-state index in [1.54, 1.807) is 14.2 Å². The number of ether oxygens (including phenoxy) is 2. The van der Waals surface area contributed by atoms with Crippen LogP contribution >= 0.6 is 22.9 Å². The molecule has 0 fully saturated rings. The SMILES string of the molecule is COc1cccc(-c2ccc(Cl)s2)c1OC. The Kier molecular flexibility index (Phi) is 3.36. The van der Waals surface area contributed by atoms with Gasteiger partial charge in [0.2, 0.25) is 0 Å². The molecule has 0 bridgehead atoms. The van der Waals surface area contributed by atoms with Gasteiger partial charge in [0.15, 0.2) is 11.5 Å². The van der Waals surface area contributed by atoms with Gasteiger partial charge in [0.05, 0.1) is 18.6 Å². The fourth-order valence-electron chi connectivity index (χ4n) is 1.54. The fourth-order valence-corrected chi connectivity index (χ4v) is 2.61. The zero-order valence-electron chi connectivity index (χ0n) is 8.99. The largest absolute Gasteiger partial charge is 0.493 e. The highest BCUT2D eigenvalue weighted by Gasteiger charge is 2.12. The van der Waals surface area contributed by atoms with Crippen molar-refractivity contribution in [2.75, 3.05) is 14.2 Å². The third kappa shape index (κ3) is 2.01. The number of benzene rings is 1. The highest BCUT2D eigenvalue weighted by Crippen LogP contribution is 2.41. The van der Waals surface area contributed by atoms with Crippen molar-refractivity contribution in [2.45, 2.75) is 0 Å². The van der Waals surface area contributed by atoms with E-state index >= 15 is 0 Å². The predicted molar refractivity (Wildman–Crippen MR) is 67.9 cm³/mol. The average Bonchev–Trinajstić information content (AvgIpc) is 2.74. The lowest BCUT2D eigenvalue weighted by atomic mass is 10.1. The summed E-state index contributed by atoms with van der Waals surface area (Å²) in [6.45, 7) is 0. The maximum absolute atomic E-state index is 5.93. The van der Waals surface area contributed by atoms with Crippen LogP contribution in [0.5, 0.6) is 11.5 Å². The fraction of sp³-hybridized carbons (Fsp3) is 0.167. The Morgan fingerprint density at radius 1 is 1.06 bits per heavy atom. The Morgan fingerprint density at radius 3 is 2.44 bits per heavy atom. The molecule has 1 aromatic heterocycles. The maximum Gasteiger partial charge on any atom is 0.169 e. The molecule has 0 atom stereocenters. The van der Waals surface area contributed by atoms with Crippen LogP contribution in [0.4, 0.5) is 0 Å². The lowest BCUT2D eigenvalue weighted by Crippen LogP contribution is -1.91. The van der Waals surface area contributed by atoms with E-state index in [-0.39, 0.29) is 0 Å². The first kappa shape index (κ1) is 11.3. The molecule has 0 saturated heterocycles. The number of halogens is 1. The molecule has 0 radical (unpaired) electrons. The van der Waals surface area contributed by atoms with Gasteiger partial charge in [0.1, 0.15) is 0 Å². The van der Waals surface area contributed by atoms with Gasteiger partial charge >= 0.3 is 0 Å². The molecular formula is C12H11ClO2S. The number of hydrogen-bond donors (Lipinski definition) is 0. The van der Waals surface area contributed by atoms with Crippen molar-refractivity contribution in [1.29, 1.82) is 0 Å². The number of rotatable bonds is 3. The standard InChI is InChI=1S/C12H11ClO2S/c1-14-9-5-3-4-8(12(9)15-2)10-6-7-11(13)16-10/h3-7H,1-2H3. The van der Waals surface area contributed by atoms with Gasteiger partial charge in [-0.1, -0.05) is 17.7 Å². The van der Waals surface area contributed by atoms with Crippen LogP contribution in [0, 0.1) is 0 Å². The molecule has 0 aliphatic heterocycles. The van der Waals surface area contributed by atoms with Crippen molar-refractivity contribution in [2.24, 2.45) is 0 Å². The summed E-state index contributed by atoms with van der Waals surface area (Å²) < 4.78 is 11.4. The smallest absolute Gasteiger partial charge is 0.169 e. The van der Waals surface area contributed by atoms with Crippen LogP contribution in [0.2, 0.25) is 4.34 Å². The Morgan fingerprint density at radius 2 is 1.88 bits per heavy atom. The number of para-hydroxylation sites is 1. The Labute approximate surface area is 103 Å². The van der Waals surface area contributed by atoms with Crippen molar-refractivity contribution >= 4 is 22.9 Å². The zero-order valence-corrected chi connectivity index (χ0v) is 10.6. The van der Waals surface area contributed by atoms with Gasteiger partial charge in [-0.05, 0) is 24.3 Å². The lowest BCUT2D eigenvalue weighted by molar-refractivity contribution is 0.356. The highest BCUT2D eigenvalue weighted by molar-refractivity contribution is 7.19. The minimum absolute atomic E-state index is 0.726. The molecule has 2 aromatic rings. The summed E-state index contributed by atoms with van der Waals surface area (Å²) in [6, 6.07) is 9.65. The van der Waals surface area contributed by atoms with Crippen molar-refractivity contribution in [1.82, 2.24) is 0 Å². The average molecular weight is 255 g/mol. The Balaban J connectivity index is 2.56. The summed E-state index contributed by atoms with van der Waals surface area (Å²) in [6.07, 6.45) is 0. The van der Waals surface area contributed by atoms with Crippen LogP contribution in [0.3, 0.4) is 0 Å². The number of thiophene rings is 1. The summed E-state index contributed by atoms with van der Waals surface area (Å²) in [4.78, 5) is 1.07. The van der Waals surface area contributed by atoms with Gasteiger partial charge in [-0.3, -0.25) is 0 Å². The lowest BCUT2D eigenvalue weighted by Gasteiger charge is -2.11. The molecule has 0 aliphatic rings. The van der Waals surface area contributed by atoms with Gasteiger partial charge in [0, 0.05) is 10.4 Å². The zero-order chi connectivity index (χ0) is 11.5. The molecule has 0 saturated carbocycles. The van der Waals surface area contributed by atoms with Crippen molar-refractivity contribution in [3.63, 3.8) is 0 Å². The molecule has 1 heterocycles. The van der Waals surface area contributed by atoms with E-state index < -0.39 is 0 Å². The normalized spacial score (nSPS) is 10.2. The van der Waals surface area contributed by atoms with Crippen LogP contribution in [-0.4, -0.2) is 14.2 Å². The second kappa shape index (κ2) is 4.76. The molecule has 84 valence electrons. The molecule has 16 heavy (non-hydrogen) atoms. The first-order chi connectivity index (χ1) is 7.76. The first-order valence-corrected chi connectivity index (χ1v) is 5.92. The van der Waals surface area contributed by atoms with Gasteiger partial charge < -0.3 is 9.47 Å². The Hall–Kier alpha value is -1.19. The van der Waals surface area contributed by atoms with Gasteiger partial charge in [-0.15, -0.1) is 11.3 Å². The summed E-state index contributed by atoms with van der Waals surface area (Å²) in [5, 5.41) is 0. The van der Waals surface area contributed by atoms with Gasteiger partial charge in [-0.25, -0.2) is 0 Å². The monoisotopic (exact) mass is 254 g/mol. The first-order valence-electron chi connectivity index (χ1n) is 4.73. The van der Waals surface area contributed by atoms with Gasteiger partial charge in [-0.2, -0.15) is 0 Å². The molecule has 4 heteroatoms. The summed E-state index contributed by atoms with van der Waals surface area (Å²) in [5.41, 5.74) is 0.999. The van der Waals surface area contributed by atoms with Crippen LogP contribution < -0.4 is 9.47 Å². The molecule has 2 rings (SSSR count). The molecule has 2 nitrogen and oxygen atoms in total. The molecule has 0 aliphatic carbocycles. The number of methoxy groups -OCH3 is 2. The highest BCUT2D eigenvalue weighted by atomic mass is 35.5. The molecule has 0 unspecified atom stereocenters. The molecular weight excluding hydrogens is 244 g/mol. The van der Waals surface area contributed by atoms with E-state index in [4.69, 9.17) is 21.1 Å². The minimum Gasteiger partial charge on any atom is -0.493 e. The van der Waals surface area contributed by atoms with Crippen LogP contribution in [0.15, 0.2) is 30.3 Å². The second-order valence-electron chi connectivity index (χ2n) is 3.14. The van der Waals surface area contributed by atoms with Crippen LogP contribution in [0.25, 0.3) is 10.4 Å². The van der Waals surface area contributed by atoms with Crippen LogP contribution in [-0.2, 0) is 0 Å². The maximum atomic E-state index is 5.93. The third-order valence-electron chi connectivity index (χ3n) is 2.24. The van der Waals surface area contributed by atoms with Crippen molar-refractivity contribution in [3.8, 4) is 21.9 Å². The Bertz CT molecular complexity index is 494. The molecule has 0 spiro atoms. The van der Waals surface area contributed by atoms with E-state index in [2.05, 4.69) is 0 Å². The molecule has 0 amide bonds. The van der Waals surface area contributed by atoms with Crippen LogP contribution in [0.1, 0.15) is 0 Å². The summed E-state index contributed by atoms with van der Waals surface area (Å²) in [7, 11) is 3.26.